The minimum Gasteiger partial charge on any atom is -0.508 e. The van der Waals surface area contributed by atoms with Crippen LogP contribution in [0.3, 0.4) is 0 Å². The first-order valence-corrected chi connectivity index (χ1v) is 8.69. The summed E-state index contributed by atoms with van der Waals surface area (Å²) in [5.41, 5.74) is 0.386. The molecule has 3 N–H and O–H groups in total. The Labute approximate surface area is 157 Å². The molecule has 8 heteroatoms. The predicted molar refractivity (Wildman–Crippen MR) is 95.3 cm³/mol. The Hall–Kier alpha value is -2.87. The lowest BCUT2D eigenvalue weighted by molar-refractivity contribution is -0.124. The predicted octanol–water partition coefficient (Wildman–Crippen LogP) is 1.85. The number of carbonyl (C=O) groups is 3. The molecule has 132 valence electrons. The molecule has 26 heavy (non-hydrogen) atoms. The lowest BCUT2D eigenvalue weighted by Crippen LogP contribution is -2.52. The van der Waals surface area contributed by atoms with Crippen LogP contribution in [-0.2, 0) is 16.9 Å². The molecule has 2 aliphatic heterocycles. The van der Waals surface area contributed by atoms with Gasteiger partial charge >= 0.3 is 6.03 Å². The van der Waals surface area contributed by atoms with Crippen molar-refractivity contribution in [2.24, 2.45) is 0 Å². The fraction of sp³-hybridized carbons (Fsp3) is 0.167. The smallest absolute Gasteiger partial charge is 0.322 e. The van der Waals surface area contributed by atoms with Gasteiger partial charge in [-0.05, 0) is 41.5 Å². The number of hydrogen-bond acceptors (Lipinski definition) is 4. The number of phenols is 1. The molecule has 1 saturated heterocycles. The van der Waals surface area contributed by atoms with Crippen molar-refractivity contribution in [3.63, 3.8) is 0 Å². The first kappa shape index (κ1) is 16.6. The Kier molecular flexibility index (Phi) is 3.73. The number of nitrogens with zero attached hydrogens (tertiary/aromatic N) is 1. The van der Waals surface area contributed by atoms with Crippen molar-refractivity contribution in [2.75, 3.05) is 6.54 Å². The molecule has 0 aliphatic carbocycles. The van der Waals surface area contributed by atoms with Gasteiger partial charge in [-0.25, -0.2) is 4.79 Å². The molecule has 0 radical (unpaired) electrons. The molecular formula is C18H14BrN3O4. The Morgan fingerprint density at radius 3 is 2.50 bits per heavy atom. The second-order valence-corrected chi connectivity index (χ2v) is 7.24. The van der Waals surface area contributed by atoms with Crippen molar-refractivity contribution in [2.45, 2.75) is 12.1 Å². The number of aromatic hydroxyl groups is 1. The van der Waals surface area contributed by atoms with Gasteiger partial charge in [0.25, 0.3) is 11.8 Å². The van der Waals surface area contributed by atoms with Gasteiger partial charge in [0.05, 0.1) is 6.54 Å². The number of halogens is 1. The third-order valence-electron chi connectivity index (χ3n) is 4.67. The quantitative estimate of drug-likeness (QED) is 0.666. The summed E-state index contributed by atoms with van der Waals surface area (Å²) < 4.78 is 0.835. The monoisotopic (exact) mass is 415 g/mol. The van der Waals surface area contributed by atoms with Gasteiger partial charge in [0, 0.05) is 16.6 Å². The van der Waals surface area contributed by atoms with Gasteiger partial charge in [-0.2, -0.15) is 0 Å². The summed E-state index contributed by atoms with van der Waals surface area (Å²) in [6.07, 6.45) is 0. The van der Waals surface area contributed by atoms with Crippen molar-refractivity contribution in [3.8, 4) is 5.75 Å². The maximum absolute atomic E-state index is 12.7. The van der Waals surface area contributed by atoms with E-state index in [4.69, 9.17) is 0 Å². The summed E-state index contributed by atoms with van der Waals surface area (Å²) in [7, 11) is 0. The zero-order valence-electron chi connectivity index (χ0n) is 13.5. The largest absolute Gasteiger partial charge is 0.508 e. The van der Waals surface area contributed by atoms with E-state index in [0.717, 1.165) is 4.47 Å². The maximum atomic E-state index is 12.7. The van der Waals surface area contributed by atoms with Gasteiger partial charge < -0.3 is 15.3 Å². The van der Waals surface area contributed by atoms with Crippen LogP contribution in [0.15, 0.2) is 46.9 Å². The molecular weight excluding hydrogens is 402 g/mol. The van der Waals surface area contributed by atoms with Gasteiger partial charge in [-0.3, -0.25) is 14.9 Å². The Balaban J connectivity index is 1.71. The number of amides is 4. The lowest BCUT2D eigenvalue weighted by Gasteiger charge is -2.31. The SMILES string of the molecule is O=C1NC(=O)[C@](CN2Cc3cc(O)ccc3C2=O)(c2ccc(Br)cc2)N1. The number of rotatable bonds is 3. The van der Waals surface area contributed by atoms with Crippen molar-refractivity contribution < 1.29 is 19.5 Å². The zero-order valence-corrected chi connectivity index (χ0v) is 15.0. The highest BCUT2D eigenvalue weighted by Crippen LogP contribution is 2.32. The molecule has 1 fully saturated rings. The summed E-state index contributed by atoms with van der Waals surface area (Å²) in [5.74, 6) is -0.671. The number of hydrogen-bond donors (Lipinski definition) is 3. The van der Waals surface area contributed by atoms with Gasteiger partial charge in [0.1, 0.15) is 5.75 Å². The summed E-state index contributed by atoms with van der Waals surface area (Å²) >= 11 is 3.35. The molecule has 0 saturated carbocycles. The Bertz CT molecular complexity index is 944. The average molecular weight is 416 g/mol. The number of nitrogens with one attached hydrogen (secondary N) is 2. The molecule has 2 aromatic rings. The minimum atomic E-state index is -1.36. The average Bonchev–Trinajstić information content (AvgIpc) is 3.05. The van der Waals surface area contributed by atoms with Crippen molar-refractivity contribution in [1.29, 1.82) is 0 Å². The molecule has 0 bridgehead atoms. The van der Waals surface area contributed by atoms with Crippen LogP contribution in [0.25, 0.3) is 0 Å². The molecule has 0 aromatic heterocycles. The number of benzene rings is 2. The van der Waals surface area contributed by atoms with E-state index in [-0.39, 0.29) is 24.7 Å². The number of imide groups is 1. The van der Waals surface area contributed by atoms with E-state index in [1.165, 1.54) is 17.0 Å². The van der Waals surface area contributed by atoms with Gasteiger partial charge in [-0.15, -0.1) is 0 Å². The standard InChI is InChI=1S/C18H14BrN3O4/c19-12-3-1-11(2-4-12)18(16(25)20-17(26)21-18)9-22-8-10-7-13(23)5-6-14(10)15(22)24/h1-7,23H,8-9H2,(H2,20,21,25,26)/t18-/m0/s1. The number of phenolic OH excluding ortho intramolecular Hbond substituents is 1. The third kappa shape index (κ3) is 2.53. The van der Waals surface area contributed by atoms with Crippen LogP contribution in [0.5, 0.6) is 5.75 Å². The fourth-order valence-electron chi connectivity index (χ4n) is 3.41. The number of fused-ring (bicyclic) bond motifs is 1. The van der Waals surface area contributed by atoms with Crippen LogP contribution < -0.4 is 10.6 Å². The van der Waals surface area contributed by atoms with E-state index in [1.807, 2.05) is 0 Å². The van der Waals surface area contributed by atoms with Crippen LogP contribution in [0.4, 0.5) is 4.79 Å². The highest BCUT2D eigenvalue weighted by molar-refractivity contribution is 9.10. The Morgan fingerprint density at radius 1 is 1.12 bits per heavy atom. The van der Waals surface area contributed by atoms with E-state index in [2.05, 4.69) is 26.6 Å². The second kappa shape index (κ2) is 5.84. The first-order valence-electron chi connectivity index (χ1n) is 7.90. The molecule has 7 nitrogen and oxygen atoms in total. The van der Waals surface area contributed by atoms with E-state index in [1.54, 1.807) is 30.3 Å². The molecule has 4 rings (SSSR count). The number of urea groups is 1. The van der Waals surface area contributed by atoms with Gasteiger partial charge in [0.15, 0.2) is 5.54 Å². The van der Waals surface area contributed by atoms with E-state index < -0.39 is 17.5 Å². The third-order valence-corrected chi connectivity index (χ3v) is 5.20. The van der Waals surface area contributed by atoms with Crippen LogP contribution in [0.2, 0.25) is 0 Å². The zero-order chi connectivity index (χ0) is 18.5. The maximum Gasteiger partial charge on any atom is 0.322 e. The van der Waals surface area contributed by atoms with Crippen LogP contribution in [0.1, 0.15) is 21.5 Å². The summed E-state index contributed by atoms with van der Waals surface area (Å²) in [6.45, 7) is 0.241. The fourth-order valence-corrected chi connectivity index (χ4v) is 3.68. The second-order valence-electron chi connectivity index (χ2n) is 6.32. The molecule has 0 unspecified atom stereocenters. The Morgan fingerprint density at radius 2 is 1.85 bits per heavy atom. The van der Waals surface area contributed by atoms with Gasteiger partial charge in [0.2, 0.25) is 0 Å². The van der Waals surface area contributed by atoms with E-state index in [9.17, 15) is 19.5 Å². The molecule has 2 heterocycles. The summed E-state index contributed by atoms with van der Waals surface area (Å²) in [6, 6.07) is 11.0. The van der Waals surface area contributed by atoms with Crippen LogP contribution in [0, 0.1) is 0 Å². The van der Waals surface area contributed by atoms with Crippen molar-refractivity contribution in [1.82, 2.24) is 15.5 Å². The van der Waals surface area contributed by atoms with E-state index in [0.29, 0.717) is 16.7 Å². The summed E-state index contributed by atoms with van der Waals surface area (Å²) in [5, 5.41) is 14.6. The highest BCUT2D eigenvalue weighted by Gasteiger charge is 2.50. The van der Waals surface area contributed by atoms with Crippen molar-refractivity contribution in [3.05, 3.63) is 63.6 Å². The topological polar surface area (TPSA) is 98.7 Å². The lowest BCUT2D eigenvalue weighted by atomic mass is 9.89. The van der Waals surface area contributed by atoms with Crippen LogP contribution in [-0.4, -0.2) is 34.4 Å². The molecule has 2 aliphatic rings. The molecule has 1 atom stereocenters. The first-order chi connectivity index (χ1) is 12.4. The summed E-state index contributed by atoms with van der Waals surface area (Å²) in [4.78, 5) is 38.7. The molecule has 2 aromatic carbocycles. The van der Waals surface area contributed by atoms with Crippen molar-refractivity contribution >= 4 is 33.8 Å². The van der Waals surface area contributed by atoms with Gasteiger partial charge in [-0.1, -0.05) is 28.1 Å². The highest BCUT2D eigenvalue weighted by atomic mass is 79.9. The minimum absolute atomic E-state index is 0.0134. The molecule has 0 spiro atoms. The molecule has 4 amide bonds. The van der Waals surface area contributed by atoms with E-state index >= 15 is 0 Å². The number of carbonyl (C=O) groups excluding carboxylic acids is 3. The van der Waals surface area contributed by atoms with Crippen LogP contribution >= 0.6 is 15.9 Å². The normalized spacial score (nSPS) is 21.6.